The van der Waals surface area contributed by atoms with Crippen LogP contribution in [0.4, 0.5) is 0 Å². The third kappa shape index (κ3) is 5.57. The summed E-state index contributed by atoms with van der Waals surface area (Å²) >= 11 is 0. The van der Waals surface area contributed by atoms with Crippen LogP contribution in [0.25, 0.3) is 0 Å². The fourth-order valence-corrected chi connectivity index (χ4v) is 1.83. The molecule has 0 fully saturated rings. The van der Waals surface area contributed by atoms with Crippen LogP contribution in [-0.4, -0.2) is 26.9 Å². The molecule has 0 aliphatic heterocycles. The summed E-state index contributed by atoms with van der Waals surface area (Å²) in [7, 11) is 3.26. The molecule has 0 aliphatic carbocycles. The molecule has 0 aromatic heterocycles. The van der Waals surface area contributed by atoms with E-state index >= 15 is 0 Å². The first kappa shape index (κ1) is 17.2. The Morgan fingerprint density at radius 1 is 1.14 bits per heavy atom. The Labute approximate surface area is 127 Å². The lowest BCUT2D eigenvalue weighted by molar-refractivity contribution is 0.280. The van der Waals surface area contributed by atoms with E-state index < -0.39 is 0 Å². The smallest absolute Gasteiger partial charge is 0.203 e. The molecule has 0 bridgehead atoms. The summed E-state index contributed by atoms with van der Waals surface area (Å²) in [5.74, 6) is 7.81. The van der Waals surface area contributed by atoms with Crippen LogP contribution in [-0.2, 0) is 6.54 Å². The highest BCUT2D eigenvalue weighted by Gasteiger charge is 2.14. The van der Waals surface area contributed by atoms with Crippen molar-refractivity contribution >= 4 is 0 Å². The van der Waals surface area contributed by atoms with E-state index in [0.717, 1.165) is 12.1 Å². The summed E-state index contributed by atoms with van der Waals surface area (Å²) in [6.45, 7) is 7.31. The molecule has 0 spiro atoms. The highest BCUT2D eigenvalue weighted by atomic mass is 16.5. The molecule has 0 heterocycles. The standard InChI is InChI=1S/C17H25NO3/c1-6-7-8-9-21-17-15(19-4)10-14(11-16(17)20-5)12-18-13(2)3/h10-11,13,18H,8-9,12H2,1-5H3. The maximum Gasteiger partial charge on any atom is 0.203 e. The molecule has 1 aromatic rings. The van der Waals surface area contributed by atoms with Crippen LogP contribution < -0.4 is 19.5 Å². The van der Waals surface area contributed by atoms with Crippen molar-refractivity contribution in [2.45, 2.75) is 39.8 Å². The van der Waals surface area contributed by atoms with Gasteiger partial charge in [0.25, 0.3) is 0 Å². The van der Waals surface area contributed by atoms with E-state index in [4.69, 9.17) is 14.2 Å². The van der Waals surface area contributed by atoms with Crippen molar-refractivity contribution in [3.63, 3.8) is 0 Å². The predicted molar refractivity (Wildman–Crippen MR) is 85.1 cm³/mol. The van der Waals surface area contributed by atoms with Crippen LogP contribution in [0, 0.1) is 11.8 Å². The summed E-state index contributed by atoms with van der Waals surface area (Å²) < 4.78 is 16.6. The van der Waals surface area contributed by atoms with Gasteiger partial charge >= 0.3 is 0 Å². The second-order valence-electron chi connectivity index (χ2n) is 4.89. The van der Waals surface area contributed by atoms with E-state index in [1.54, 1.807) is 14.2 Å². The van der Waals surface area contributed by atoms with Crippen LogP contribution in [0.15, 0.2) is 12.1 Å². The van der Waals surface area contributed by atoms with E-state index in [2.05, 4.69) is 31.0 Å². The zero-order valence-corrected chi connectivity index (χ0v) is 13.6. The lowest BCUT2D eigenvalue weighted by Crippen LogP contribution is -2.21. The molecular formula is C17H25NO3. The largest absolute Gasteiger partial charge is 0.493 e. The molecule has 116 valence electrons. The van der Waals surface area contributed by atoms with Gasteiger partial charge in [0.15, 0.2) is 11.5 Å². The third-order valence-corrected chi connectivity index (χ3v) is 2.89. The molecule has 1 aromatic carbocycles. The maximum atomic E-state index is 5.76. The summed E-state index contributed by atoms with van der Waals surface area (Å²) in [6, 6.07) is 4.36. The Morgan fingerprint density at radius 3 is 2.24 bits per heavy atom. The fourth-order valence-electron chi connectivity index (χ4n) is 1.83. The van der Waals surface area contributed by atoms with Gasteiger partial charge in [-0.1, -0.05) is 13.8 Å². The van der Waals surface area contributed by atoms with Gasteiger partial charge in [0, 0.05) is 19.0 Å². The Kier molecular flexibility index (Phi) is 7.49. The van der Waals surface area contributed by atoms with Crippen molar-refractivity contribution in [2.24, 2.45) is 0 Å². The fraction of sp³-hybridized carbons (Fsp3) is 0.529. The van der Waals surface area contributed by atoms with Gasteiger partial charge in [-0.2, -0.15) is 0 Å². The third-order valence-electron chi connectivity index (χ3n) is 2.89. The zero-order chi connectivity index (χ0) is 15.7. The van der Waals surface area contributed by atoms with Gasteiger partial charge in [0.2, 0.25) is 5.75 Å². The molecule has 21 heavy (non-hydrogen) atoms. The van der Waals surface area contributed by atoms with Gasteiger partial charge in [0.1, 0.15) is 0 Å². The summed E-state index contributed by atoms with van der Waals surface area (Å²) in [5.41, 5.74) is 1.10. The molecule has 1 N–H and O–H groups in total. The maximum absolute atomic E-state index is 5.76. The van der Waals surface area contributed by atoms with Crippen LogP contribution in [0.5, 0.6) is 17.2 Å². The van der Waals surface area contributed by atoms with Gasteiger partial charge in [0.05, 0.1) is 20.8 Å². The minimum absolute atomic E-state index is 0.422. The van der Waals surface area contributed by atoms with Crippen molar-refractivity contribution in [3.8, 4) is 29.1 Å². The van der Waals surface area contributed by atoms with Crippen LogP contribution in [0.3, 0.4) is 0 Å². The topological polar surface area (TPSA) is 39.7 Å². The van der Waals surface area contributed by atoms with Crippen molar-refractivity contribution in [2.75, 3.05) is 20.8 Å². The normalized spacial score (nSPS) is 10.0. The molecule has 0 unspecified atom stereocenters. The quantitative estimate of drug-likeness (QED) is 0.590. The highest BCUT2D eigenvalue weighted by Crippen LogP contribution is 2.38. The average Bonchev–Trinajstić information content (AvgIpc) is 2.49. The van der Waals surface area contributed by atoms with E-state index in [-0.39, 0.29) is 0 Å². The Hall–Kier alpha value is -1.86. The molecule has 1 rings (SSSR count). The summed E-state index contributed by atoms with van der Waals surface area (Å²) in [6.07, 6.45) is 0.680. The Balaban J connectivity index is 2.91. The second kappa shape index (κ2) is 9.15. The van der Waals surface area contributed by atoms with Crippen molar-refractivity contribution in [3.05, 3.63) is 17.7 Å². The number of ether oxygens (including phenoxy) is 3. The second-order valence-corrected chi connectivity index (χ2v) is 4.89. The molecule has 0 saturated carbocycles. The Bertz CT molecular complexity index is 475. The minimum Gasteiger partial charge on any atom is -0.493 e. The molecule has 0 saturated heterocycles. The first-order valence-electron chi connectivity index (χ1n) is 7.13. The molecule has 4 heteroatoms. The zero-order valence-electron chi connectivity index (χ0n) is 13.6. The van der Waals surface area contributed by atoms with E-state index in [0.29, 0.717) is 36.3 Å². The first-order valence-corrected chi connectivity index (χ1v) is 7.13. The molecule has 0 aliphatic rings. The number of nitrogens with one attached hydrogen (secondary N) is 1. The first-order chi connectivity index (χ1) is 10.1. The van der Waals surface area contributed by atoms with Gasteiger partial charge in [-0.25, -0.2) is 0 Å². The van der Waals surface area contributed by atoms with Crippen molar-refractivity contribution in [1.82, 2.24) is 5.32 Å². The van der Waals surface area contributed by atoms with Gasteiger partial charge in [-0.15, -0.1) is 11.8 Å². The van der Waals surface area contributed by atoms with E-state index in [1.165, 1.54) is 0 Å². The predicted octanol–water partition coefficient (Wildman–Crippen LogP) is 2.99. The van der Waals surface area contributed by atoms with Crippen LogP contribution >= 0.6 is 0 Å². The SMILES string of the molecule is CC#CCCOc1c(OC)cc(CNC(C)C)cc1OC. The molecule has 0 amide bonds. The number of benzene rings is 1. The highest BCUT2D eigenvalue weighted by molar-refractivity contribution is 5.53. The van der Waals surface area contributed by atoms with Gasteiger partial charge < -0.3 is 19.5 Å². The van der Waals surface area contributed by atoms with Gasteiger partial charge in [-0.3, -0.25) is 0 Å². The van der Waals surface area contributed by atoms with E-state index in [9.17, 15) is 0 Å². The molecular weight excluding hydrogens is 266 g/mol. The molecule has 0 atom stereocenters. The van der Waals surface area contributed by atoms with Crippen LogP contribution in [0.1, 0.15) is 32.8 Å². The molecule has 0 radical (unpaired) electrons. The molecule has 4 nitrogen and oxygen atoms in total. The lowest BCUT2D eigenvalue weighted by Gasteiger charge is -2.16. The van der Waals surface area contributed by atoms with Crippen molar-refractivity contribution < 1.29 is 14.2 Å². The number of hydrogen-bond acceptors (Lipinski definition) is 4. The average molecular weight is 291 g/mol. The number of methoxy groups -OCH3 is 2. The van der Waals surface area contributed by atoms with E-state index in [1.807, 2.05) is 19.1 Å². The summed E-state index contributed by atoms with van der Waals surface area (Å²) in [4.78, 5) is 0. The Morgan fingerprint density at radius 2 is 1.76 bits per heavy atom. The lowest BCUT2D eigenvalue weighted by atomic mass is 10.1. The summed E-state index contributed by atoms with van der Waals surface area (Å²) in [5, 5.41) is 3.37. The monoisotopic (exact) mass is 291 g/mol. The van der Waals surface area contributed by atoms with Crippen molar-refractivity contribution in [1.29, 1.82) is 0 Å². The number of rotatable bonds is 8. The minimum atomic E-state index is 0.422. The van der Waals surface area contributed by atoms with Gasteiger partial charge in [-0.05, 0) is 24.6 Å². The number of hydrogen-bond donors (Lipinski definition) is 1. The van der Waals surface area contributed by atoms with Crippen LogP contribution in [0.2, 0.25) is 0 Å².